The second kappa shape index (κ2) is 5.86. The smallest absolute Gasteiger partial charge is 0.0306 e. The average Bonchev–Trinajstić information content (AvgIpc) is 2.63. The summed E-state index contributed by atoms with van der Waals surface area (Å²) >= 11 is 0. The molecule has 0 radical (unpaired) electrons. The summed E-state index contributed by atoms with van der Waals surface area (Å²) < 4.78 is 2.28. The van der Waals surface area contributed by atoms with Crippen LogP contribution in [-0.4, -0.2) is 11.1 Å². The Kier molecular flexibility index (Phi) is 4.74. The molecule has 0 spiro atoms. The van der Waals surface area contributed by atoms with Crippen LogP contribution in [-0.2, 0) is 6.54 Å². The molecule has 14 heavy (non-hydrogen) atoms. The lowest BCUT2D eigenvalue weighted by Gasteiger charge is -2.09. The second-order valence-electron chi connectivity index (χ2n) is 3.82. The van der Waals surface area contributed by atoms with E-state index in [1.165, 1.54) is 18.4 Å². The van der Waals surface area contributed by atoms with E-state index >= 15 is 0 Å². The molecule has 0 bridgehead atoms. The first kappa shape index (κ1) is 11.3. The van der Waals surface area contributed by atoms with Crippen molar-refractivity contribution in [1.82, 2.24) is 9.88 Å². The molecule has 0 saturated carbocycles. The summed E-state index contributed by atoms with van der Waals surface area (Å²) in [6.45, 7) is 8.76. The minimum Gasteiger partial charge on any atom is -0.354 e. The minimum atomic E-state index is 0.475. The molecule has 1 aromatic rings. The Bertz CT molecular complexity index is 253. The first-order chi connectivity index (χ1) is 6.77. The van der Waals surface area contributed by atoms with Gasteiger partial charge in [0.25, 0.3) is 0 Å². The van der Waals surface area contributed by atoms with Crippen LogP contribution in [0.2, 0.25) is 0 Å². The van der Waals surface area contributed by atoms with Crippen LogP contribution in [0.25, 0.3) is 0 Å². The lowest BCUT2D eigenvalue weighted by molar-refractivity contribution is 0.590. The van der Waals surface area contributed by atoms with E-state index in [1.54, 1.807) is 0 Å². The predicted molar refractivity (Wildman–Crippen MR) is 61.4 cm³/mol. The monoisotopic (exact) mass is 194 g/mol. The Labute approximate surface area is 87.3 Å². The molecule has 1 rings (SSSR count). The van der Waals surface area contributed by atoms with Crippen molar-refractivity contribution in [3.8, 4) is 0 Å². The maximum absolute atomic E-state index is 3.42. The molecular formula is C12H22N2. The summed E-state index contributed by atoms with van der Waals surface area (Å²) in [5.41, 5.74) is 1.39. The molecule has 80 valence electrons. The molecule has 1 unspecified atom stereocenters. The van der Waals surface area contributed by atoms with Gasteiger partial charge in [-0.15, -0.1) is 0 Å². The van der Waals surface area contributed by atoms with Gasteiger partial charge >= 0.3 is 0 Å². The topological polar surface area (TPSA) is 17.0 Å². The van der Waals surface area contributed by atoms with Crippen molar-refractivity contribution in [1.29, 1.82) is 0 Å². The van der Waals surface area contributed by atoms with E-state index < -0.39 is 0 Å². The SMILES string of the molecule is CCCCn1ccc(C(C)NCC)c1. The number of hydrogen-bond acceptors (Lipinski definition) is 1. The second-order valence-corrected chi connectivity index (χ2v) is 3.82. The molecule has 0 aliphatic rings. The van der Waals surface area contributed by atoms with Crippen LogP contribution in [0.1, 0.15) is 45.2 Å². The van der Waals surface area contributed by atoms with Gasteiger partial charge in [0.2, 0.25) is 0 Å². The standard InChI is InChI=1S/C12H22N2/c1-4-6-8-14-9-7-12(10-14)11(3)13-5-2/h7,9-11,13H,4-6,8H2,1-3H3. The first-order valence-corrected chi connectivity index (χ1v) is 5.67. The molecule has 1 aromatic heterocycles. The Morgan fingerprint density at radius 2 is 2.21 bits per heavy atom. The van der Waals surface area contributed by atoms with Crippen LogP contribution in [0.5, 0.6) is 0 Å². The van der Waals surface area contributed by atoms with Gasteiger partial charge in [-0.2, -0.15) is 0 Å². The molecule has 0 saturated heterocycles. The van der Waals surface area contributed by atoms with Gasteiger partial charge < -0.3 is 9.88 Å². The van der Waals surface area contributed by atoms with Crippen LogP contribution in [0, 0.1) is 0 Å². The molecule has 1 N–H and O–H groups in total. The van der Waals surface area contributed by atoms with E-state index in [0.717, 1.165) is 13.1 Å². The molecule has 1 heterocycles. The maximum Gasteiger partial charge on any atom is 0.0306 e. The highest BCUT2D eigenvalue weighted by Gasteiger charge is 2.04. The van der Waals surface area contributed by atoms with Gasteiger partial charge in [-0.25, -0.2) is 0 Å². The van der Waals surface area contributed by atoms with Crippen molar-refractivity contribution >= 4 is 0 Å². The number of hydrogen-bond donors (Lipinski definition) is 1. The summed E-state index contributed by atoms with van der Waals surface area (Å²) in [5.74, 6) is 0. The molecule has 0 amide bonds. The summed E-state index contributed by atoms with van der Waals surface area (Å²) in [6.07, 6.45) is 6.96. The lowest BCUT2D eigenvalue weighted by atomic mass is 10.2. The van der Waals surface area contributed by atoms with Crippen molar-refractivity contribution < 1.29 is 0 Å². The number of unbranched alkanes of at least 4 members (excludes halogenated alkanes) is 1. The molecule has 2 nitrogen and oxygen atoms in total. The predicted octanol–water partition coefficient (Wildman–Crippen LogP) is 2.96. The first-order valence-electron chi connectivity index (χ1n) is 5.67. The zero-order valence-electron chi connectivity index (χ0n) is 9.59. The maximum atomic E-state index is 3.42. The lowest BCUT2D eigenvalue weighted by Crippen LogP contribution is -2.17. The van der Waals surface area contributed by atoms with E-state index in [9.17, 15) is 0 Å². The van der Waals surface area contributed by atoms with Gasteiger partial charge in [-0.3, -0.25) is 0 Å². The Hall–Kier alpha value is -0.760. The fraction of sp³-hybridized carbons (Fsp3) is 0.667. The Morgan fingerprint density at radius 3 is 2.86 bits per heavy atom. The third-order valence-corrected chi connectivity index (χ3v) is 2.55. The van der Waals surface area contributed by atoms with Crippen LogP contribution in [0.4, 0.5) is 0 Å². The number of nitrogens with zero attached hydrogens (tertiary/aromatic N) is 1. The van der Waals surface area contributed by atoms with Gasteiger partial charge in [-0.05, 0) is 31.5 Å². The largest absolute Gasteiger partial charge is 0.354 e. The van der Waals surface area contributed by atoms with Gasteiger partial charge in [-0.1, -0.05) is 20.3 Å². The van der Waals surface area contributed by atoms with E-state index in [2.05, 4.69) is 49.1 Å². The quantitative estimate of drug-likeness (QED) is 0.736. The van der Waals surface area contributed by atoms with Gasteiger partial charge in [0.15, 0.2) is 0 Å². The molecule has 0 aliphatic heterocycles. The van der Waals surface area contributed by atoms with Gasteiger partial charge in [0, 0.05) is 25.0 Å². The number of rotatable bonds is 6. The van der Waals surface area contributed by atoms with Crippen LogP contribution >= 0.6 is 0 Å². The van der Waals surface area contributed by atoms with Crippen molar-refractivity contribution in [2.45, 2.75) is 46.2 Å². The number of aryl methyl sites for hydroxylation is 1. The van der Waals surface area contributed by atoms with Crippen LogP contribution in [0.3, 0.4) is 0 Å². The number of nitrogens with one attached hydrogen (secondary N) is 1. The van der Waals surface area contributed by atoms with Gasteiger partial charge in [0.1, 0.15) is 0 Å². The Morgan fingerprint density at radius 1 is 1.43 bits per heavy atom. The van der Waals surface area contributed by atoms with Crippen molar-refractivity contribution in [2.75, 3.05) is 6.54 Å². The Balaban J connectivity index is 2.49. The molecule has 0 aliphatic carbocycles. The third-order valence-electron chi connectivity index (χ3n) is 2.55. The highest BCUT2D eigenvalue weighted by molar-refractivity contribution is 5.14. The molecule has 2 heteroatoms. The molecule has 0 aromatic carbocycles. The van der Waals surface area contributed by atoms with E-state index in [4.69, 9.17) is 0 Å². The zero-order valence-corrected chi connectivity index (χ0v) is 9.59. The zero-order chi connectivity index (χ0) is 10.4. The highest BCUT2D eigenvalue weighted by Crippen LogP contribution is 2.12. The van der Waals surface area contributed by atoms with Crippen LogP contribution < -0.4 is 5.32 Å². The average molecular weight is 194 g/mol. The van der Waals surface area contributed by atoms with Crippen molar-refractivity contribution in [3.05, 3.63) is 24.0 Å². The van der Waals surface area contributed by atoms with Crippen LogP contribution in [0.15, 0.2) is 18.5 Å². The molecule has 0 fully saturated rings. The summed E-state index contributed by atoms with van der Waals surface area (Å²) in [4.78, 5) is 0. The van der Waals surface area contributed by atoms with Crippen molar-refractivity contribution in [2.24, 2.45) is 0 Å². The van der Waals surface area contributed by atoms with E-state index in [-0.39, 0.29) is 0 Å². The van der Waals surface area contributed by atoms with Crippen molar-refractivity contribution in [3.63, 3.8) is 0 Å². The summed E-state index contributed by atoms with van der Waals surface area (Å²) in [7, 11) is 0. The normalized spacial score (nSPS) is 13.1. The molecular weight excluding hydrogens is 172 g/mol. The fourth-order valence-electron chi connectivity index (χ4n) is 1.62. The van der Waals surface area contributed by atoms with Gasteiger partial charge in [0.05, 0.1) is 0 Å². The summed E-state index contributed by atoms with van der Waals surface area (Å²) in [6, 6.07) is 2.69. The summed E-state index contributed by atoms with van der Waals surface area (Å²) in [5, 5.41) is 3.42. The highest BCUT2D eigenvalue weighted by atomic mass is 15.0. The number of aromatic nitrogens is 1. The minimum absolute atomic E-state index is 0.475. The van der Waals surface area contributed by atoms with E-state index in [1.807, 2.05) is 0 Å². The van der Waals surface area contributed by atoms with E-state index in [0.29, 0.717) is 6.04 Å². The fourth-order valence-corrected chi connectivity index (χ4v) is 1.62. The molecule has 1 atom stereocenters. The third kappa shape index (κ3) is 3.18.